The van der Waals surface area contributed by atoms with Gasteiger partial charge in [-0.2, -0.15) is 10.2 Å². The van der Waals surface area contributed by atoms with Gasteiger partial charge < -0.3 is 35.0 Å². The highest BCUT2D eigenvalue weighted by molar-refractivity contribution is 6.04. The number of nitrogens with one attached hydrogen (secondary N) is 3. The van der Waals surface area contributed by atoms with Crippen LogP contribution in [0.15, 0.2) is 97.3 Å². The van der Waals surface area contributed by atoms with E-state index in [1.807, 2.05) is 42.5 Å². The molecule has 6 N–H and O–H groups in total. The summed E-state index contributed by atoms with van der Waals surface area (Å²) in [6.45, 7) is 7.49. The van der Waals surface area contributed by atoms with Gasteiger partial charge in [0, 0.05) is 65.4 Å². The summed E-state index contributed by atoms with van der Waals surface area (Å²) >= 11 is 0. The van der Waals surface area contributed by atoms with Crippen molar-refractivity contribution in [2.45, 2.75) is 38.9 Å². The van der Waals surface area contributed by atoms with Crippen molar-refractivity contribution in [2.24, 2.45) is 0 Å². The minimum Gasteiger partial charge on any atom is -0.497 e. The highest BCUT2D eigenvalue weighted by Gasteiger charge is 2.23. The van der Waals surface area contributed by atoms with E-state index in [-0.39, 0.29) is 12.5 Å². The quantitative estimate of drug-likeness (QED) is 0.0830. The number of hydrogen-bond acceptors (Lipinski definition) is 11. The minimum atomic E-state index is -1.06. The zero-order valence-electron chi connectivity index (χ0n) is 31.5. The molecule has 0 aliphatic rings. The zero-order valence-corrected chi connectivity index (χ0v) is 31.5. The fraction of sp³-hybridized carbons (Fsp3) is 0.250. The van der Waals surface area contributed by atoms with E-state index in [2.05, 4.69) is 35.7 Å². The number of H-pyrrole nitrogens is 2. The molecule has 6 aromatic rings. The van der Waals surface area contributed by atoms with Crippen molar-refractivity contribution in [1.29, 1.82) is 0 Å². The number of amides is 1. The topological polar surface area (TPSA) is 212 Å². The lowest BCUT2D eigenvalue weighted by Crippen LogP contribution is -2.41. The summed E-state index contributed by atoms with van der Waals surface area (Å²) in [7, 11) is 3.20. The maximum absolute atomic E-state index is 12.9. The molecule has 55 heavy (non-hydrogen) atoms. The molecule has 288 valence electrons. The van der Waals surface area contributed by atoms with Gasteiger partial charge in [0.25, 0.3) is 5.91 Å². The van der Waals surface area contributed by atoms with Crippen LogP contribution in [0.1, 0.15) is 39.1 Å². The fourth-order valence-electron chi connectivity index (χ4n) is 4.91. The molecule has 0 unspecified atom stereocenters. The first-order valence-corrected chi connectivity index (χ1v) is 17.1. The fourth-order valence-corrected chi connectivity index (χ4v) is 4.91. The van der Waals surface area contributed by atoms with E-state index in [1.54, 1.807) is 90.7 Å². The van der Waals surface area contributed by atoms with E-state index in [9.17, 15) is 19.8 Å². The number of methoxy groups -OCH3 is 2. The average Bonchev–Trinajstić information content (AvgIpc) is 3.78. The Balaban J connectivity index is 0.000000202. The number of hydrogen-bond donors (Lipinski definition) is 6. The first kappa shape index (κ1) is 41.2. The molecule has 0 saturated heterocycles. The van der Waals surface area contributed by atoms with Gasteiger partial charge in [-0.15, -0.1) is 0 Å². The van der Waals surface area contributed by atoms with Crippen LogP contribution in [0.2, 0.25) is 0 Å². The number of aliphatic carboxylic acids is 1. The summed E-state index contributed by atoms with van der Waals surface area (Å²) in [5.41, 5.74) is 2.34. The van der Waals surface area contributed by atoms with Crippen LogP contribution < -0.4 is 19.7 Å². The second-order valence-electron chi connectivity index (χ2n) is 13.4. The highest BCUT2D eigenvalue weighted by atomic mass is 16.5. The molecule has 0 aliphatic carbocycles. The molecular formula is C40H46N8O7. The third-order valence-corrected chi connectivity index (χ3v) is 7.47. The van der Waals surface area contributed by atoms with E-state index in [0.717, 1.165) is 28.3 Å². The Kier molecular flexibility index (Phi) is 14.2. The van der Waals surface area contributed by atoms with Crippen molar-refractivity contribution >= 4 is 57.5 Å². The van der Waals surface area contributed by atoms with Gasteiger partial charge in [-0.25, -0.2) is 14.8 Å². The Bertz CT molecular complexity index is 2230. The minimum absolute atomic E-state index is 0.134. The molecule has 1 amide bonds. The molecule has 0 atom stereocenters. The maximum atomic E-state index is 12.9. The smallest absolute Gasteiger partial charge is 0.328 e. The Morgan fingerprint density at radius 3 is 1.84 bits per heavy atom. The molecule has 2 aromatic carbocycles. The second-order valence-corrected chi connectivity index (χ2v) is 13.4. The van der Waals surface area contributed by atoms with Crippen molar-refractivity contribution in [3.8, 4) is 11.5 Å². The van der Waals surface area contributed by atoms with E-state index >= 15 is 0 Å². The van der Waals surface area contributed by atoms with Crippen LogP contribution in [-0.2, 0) is 9.59 Å². The number of carboxylic acid groups (broad SMARTS) is 1. The molecule has 15 nitrogen and oxygen atoms in total. The number of carbonyl (C=O) groups is 2. The van der Waals surface area contributed by atoms with Crippen LogP contribution in [0.4, 0.5) is 11.4 Å². The summed E-state index contributed by atoms with van der Waals surface area (Å²) in [5.74, 6) is 0.190. The number of aromatic nitrogens is 6. The van der Waals surface area contributed by atoms with Crippen molar-refractivity contribution in [3.05, 3.63) is 109 Å². The lowest BCUT2D eigenvalue weighted by Gasteiger charge is -2.28. The number of benzene rings is 2. The number of aliphatic hydroxyl groups is 2. The predicted molar refractivity (Wildman–Crippen MR) is 213 cm³/mol. The van der Waals surface area contributed by atoms with Gasteiger partial charge in [0.15, 0.2) is 11.3 Å². The number of aromatic amines is 2. The van der Waals surface area contributed by atoms with Gasteiger partial charge in [-0.05, 0) is 88.4 Å². The number of anilines is 2. The Hall–Kier alpha value is -6.58. The largest absolute Gasteiger partial charge is 0.497 e. The van der Waals surface area contributed by atoms with Crippen LogP contribution in [0.5, 0.6) is 11.5 Å². The van der Waals surface area contributed by atoms with Crippen molar-refractivity contribution in [1.82, 2.24) is 30.4 Å². The van der Waals surface area contributed by atoms with E-state index in [0.29, 0.717) is 40.7 Å². The Morgan fingerprint density at radius 2 is 1.31 bits per heavy atom. The van der Waals surface area contributed by atoms with Crippen LogP contribution in [-0.4, -0.2) is 96.1 Å². The average molecular weight is 751 g/mol. The van der Waals surface area contributed by atoms with Crippen LogP contribution in [0, 0.1) is 0 Å². The molecular weight excluding hydrogens is 704 g/mol. The molecule has 0 aliphatic heterocycles. The Morgan fingerprint density at radius 1 is 0.764 bits per heavy atom. The van der Waals surface area contributed by atoms with E-state index < -0.39 is 17.2 Å². The predicted octanol–water partition coefficient (Wildman–Crippen LogP) is 5.72. The van der Waals surface area contributed by atoms with Crippen LogP contribution >= 0.6 is 0 Å². The van der Waals surface area contributed by atoms with Crippen molar-refractivity contribution < 1.29 is 34.4 Å². The lowest BCUT2D eigenvalue weighted by molar-refractivity contribution is -0.131. The SMILES string of the molecule is COc1cccc(N(CC(C)(C)O)C(=O)/C=C/c2[nH]nc3ncccc23)c1.COc1cccc(NCC(C)(C)O)c1.O=C(O)/C=C/c1[nH]nc2ncccc12. The molecule has 0 spiro atoms. The lowest BCUT2D eigenvalue weighted by atomic mass is 10.1. The molecule has 6 rings (SSSR count). The summed E-state index contributed by atoms with van der Waals surface area (Å²) in [4.78, 5) is 32.9. The van der Waals surface area contributed by atoms with Crippen LogP contribution in [0.25, 0.3) is 34.2 Å². The van der Waals surface area contributed by atoms with E-state index in [4.69, 9.17) is 14.6 Å². The normalized spacial score (nSPS) is 11.5. The van der Waals surface area contributed by atoms with Gasteiger partial charge in [-0.3, -0.25) is 15.0 Å². The number of carbonyl (C=O) groups excluding carboxylic acids is 1. The summed E-state index contributed by atoms with van der Waals surface area (Å²) in [5, 5.41) is 46.6. The molecule has 0 bridgehead atoms. The van der Waals surface area contributed by atoms with Gasteiger partial charge in [0.05, 0.1) is 43.4 Å². The zero-order chi connectivity index (χ0) is 40.0. The number of ether oxygens (including phenoxy) is 2. The number of pyridine rings is 2. The molecule has 0 fully saturated rings. The molecule has 15 heteroatoms. The number of rotatable bonds is 12. The monoisotopic (exact) mass is 750 g/mol. The van der Waals surface area contributed by atoms with E-state index in [1.165, 1.54) is 17.1 Å². The first-order valence-electron chi connectivity index (χ1n) is 17.1. The third-order valence-electron chi connectivity index (χ3n) is 7.47. The highest BCUT2D eigenvalue weighted by Crippen LogP contribution is 2.24. The van der Waals surface area contributed by atoms with Crippen LogP contribution in [0.3, 0.4) is 0 Å². The summed E-state index contributed by atoms with van der Waals surface area (Å²) in [6.07, 6.45) is 8.92. The van der Waals surface area contributed by atoms with Gasteiger partial charge in [0.1, 0.15) is 11.5 Å². The maximum Gasteiger partial charge on any atom is 0.328 e. The molecule has 4 aromatic heterocycles. The standard InChI is InChI=1S/C20H22N4O3.C11H17NO2.C9H7N3O2/c1-20(2,26)13-24(14-6-4-7-15(12-14)27-3)18(25)10-9-17-16-8-5-11-21-19(16)23-22-17;1-11(2,13)8-12-9-5-4-6-10(7-9)14-3;13-8(14)4-3-7-6-2-1-5-10-9(6)12-11-7/h4-12,26H,13H2,1-3H3,(H,21,22,23);4-7,12-13H,8H2,1-3H3;1-5H,(H,13,14)(H,10,11,12)/b10-9+;;4-3+. The third kappa shape index (κ3) is 13.1. The van der Waals surface area contributed by atoms with Gasteiger partial charge in [-0.1, -0.05) is 12.1 Å². The molecule has 0 radical (unpaired) electrons. The number of nitrogens with zero attached hydrogens (tertiary/aromatic N) is 5. The summed E-state index contributed by atoms with van der Waals surface area (Å²) in [6, 6.07) is 22.1. The first-order chi connectivity index (χ1) is 26.2. The van der Waals surface area contributed by atoms with Gasteiger partial charge >= 0.3 is 5.97 Å². The van der Waals surface area contributed by atoms with Gasteiger partial charge in [0.2, 0.25) is 0 Å². The molecule has 4 heterocycles. The molecule has 0 saturated carbocycles. The van der Waals surface area contributed by atoms with Crippen molar-refractivity contribution in [2.75, 3.05) is 37.5 Å². The van der Waals surface area contributed by atoms with Crippen molar-refractivity contribution in [3.63, 3.8) is 0 Å². The second kappa shape index (κ2) is 19.0. The Labute approximate surface area is 318 Å². The number of fused-ring (bicyclic) bond motifs is 2. The summed E-state index contributed by atoms with van der Waals surface area (Å²) < 4.78 is 10.3. The number of carboxylic acids is 1.